The van der Waals surface area contributed by atoms with Crippen LogP contribution in [0.15, 0.2) is 18.2 Å². The Morgan fingerprint density at radius 1 is 1.00 bits per heavy atom. The maximum Gasteiger partial charge on any atom is 0.126 e. The summed E-state index contributed by atoms with van der Waals surface area (Å²) in [6.45, 7) is 3.83. The summed E-state index contributed by atoms with van der Waals surface area (Å²) in [4.78, 5) is 2.36. The molecule has 0 radical (unpaired) electrons. The van der Waals surface area contributed by atoms with Crippen molar-refractivity contribution in [2.75, 3.05) is 26.2 Å². The molecule has 3 rings (SSSR count). The van der Waals surface area contributed by atoms with Crippen molar-refractivity contribution in [3.63, 3.8) is 0 Å². The number of hydrogen-bond acceptors (Lipinski definition) is 2. The van der Waals surface area contributed by atoms with Gasteiger partial charge < -0.3 is 5.32 Å². The van der Waals surface area contributed by atoms with Gasteiger partial charge in [0.1, 0.15) is 11.6 Å². The molecule has 6 heteroatoms. The third-order valence-corrected chi connectivity index (χ3v) is 3.84. The van der Waals surface area contributed by atoms with Gasteiger partial charge in [0.05, 0.1) is 0 Å². The topological polar surface area (TPSA) is 15.3 Å². The number of hydrogen-bond donors (Lipinski definition) is 1. The van der Waals surface area contributed by atoms with Crippen molar-refractivity contribution >= 4 is 24.8 Å². The summed E-state index contributed by atoms with van der Waals surface area (Å²) in [7, 11) is 0. The Morgan fingerprint density at radius 2 is 1.55 bits per heavy atom. The second-order valence-electron chi connectivity index (χ2n) is 5.27. The van der Waals surface area contributed by atoms with Crippen molar-refractivity contribution in [2.24, 2.45) is 5.92 Å². The van der Waals surface area contributed by atoms with Crippen molar-refractivity contribution in [3.05, 3.63) is 35.4 Å². The lowest BCUT2D eigenvalue weighted by Gasteiger charge is -2.35. The molecule has 0 bridgehead atoms. The van der Waals surface area contributed by atoms with E-state index in [1.165, 1.54) is 25.0 Å². The van der Waals surface area contributed by atoms with E-state index in [9.17, 15) is 8.78 Å². The van der Waals surface area contributed by atoms with Crippen LogP contribution in [0, 0.1) is 17.6 Å². The molecular formula is C14H20Cl2F2N2. The summed E-state index contributed by atoms with van der Waals surface area (Å²) in [5.74, 6) is -0.360. The van der Waals surface area contributed by atoms with E-state index in [4.69, 9.17) is 0 Å². The van der Waals surface area contributed by atoms with Crippen LogP contribution in [0.25, 0.3) is 0 Å². The van der Waals surface area contributed by atoms with Crippen LogP contribution in [-0.2, 0) is 0 Å². The third-order valence-electron chi connectivity index (χ3n) is 3.84. The highest BCUT2D eigenvalue weighted by Gasteiger charge is 2.37. The molecular weight excluding hydrogens is 305 g/mol. The molecule has 1 saturated heterocycles. The monoisotopic (exact) mass is 324 g/mol. The van der Waals surface area contributed by atoms with E-state index in [1.807, 2.05) is 0 Å². The fourth-order valence-electron chi connectivity index (χ4n) is 2.90. The van der Waals surface area contributed by atoms with Crippen LogP contribution < -0.4 is 5.32 Å². The summed E-state index contributed by atoms with van der Waals surface area (Å²) in [5.41, 5.74) is 0.803. The normalized spacial score (nSPS) is 20.7. The lowest BCUT2D eigenvalue weighted by Crippen LogP contribution is -2.45. The van der Waals surface area contributed by atoms with Crippen molar-refractivity contribution in [3.8, 4) is 0 Å². The number of nitrogens with one attached hydrogen (secondary N) is 1. The van der Waals surface area contributed by atoms with Crippen molar-refractivity contribution < 1.29 is 8.78 Å². The summed E-state index contributed by atoms with van der Waals surface area (Å²) < 4.78 is 26.7. The minimum atomic E-state index is -0.467. The molecule has 1 aromatic rings. The Labute approximate surface area is 130 Å². The standard InChI is InChI=1S/C14H18F2N2.2ClH/c15-12-7-11(8-13(16)9-12)14(10-1-2-10)18-5-3-17-4-6-18;;/h7-10,14,17H,1-6H2;2*1H/t14-;;/m1../s1. The van der Waals surface area contributed by atoms with E-state index in [2.05, 4.69) is 10.2 Å². The molecule has 114 valence electrons. The number of halogens is 4. The molecule has 1 heterocycles. The molecule has 0 spiro atoms. The van der Waals surface area contributed by atoms with Crippen LogP contribution >= 0.6 is 24.8 Å². The highest BCUT2D eigenvalue weighted by Crippen LogP contribution is 2.44. The average Bonchev–Trinajstić information content (AvgIpc) is 3.14. The Kier molecular flexibility index (Phi) is 6.65. The van der Waals surface area contributed by atoms with E-state index >= 15 is 0 Å². The van der Waals surface area contributed by atoms with E-state index in [1.54, 1.807) is 0 Å². The van der Waals surface area contributed by atoms with Crippen LogP contribution in [0.4, 0.5) is 8.78 Å². The van der Waals surface area contributed by atoms with Gasteiger partial charge in [-0.05, 0) is 36.5 Å². The SMILES string of the molecule is Cl.Cl.Fc1cc(F)cc([C@@H](C2CC2)N2CCNCC2)c1. The van der Waals surface area contributed by atoms with Crippen LogP contribution in [0.5, 0.6) is 0 Å². The first-order valence-corrected chi connectivity index (χ1v) is 6.65. The first-order chi connectivity index (χ1) is 8.74. The summed E-state index contributed by atoms with van der Waals surface area (Å²) in [6, 6.07) is 4.13. The lowest BCUT2D eigenvalue weighted by atomic mass is 9.99. The summed E-state index contributed by atoms with van der Waals surface area (Å²) in [6.07, 6.45) is 2.35. The zero-order valence-electron chi connectivity index (χ0n) is 11.1. The highest BCUT2D eigenvalue weighted by atomic mass is 35.5. The fourth-order valence-corrected chi connectivity index (χ4v) is 2.90. The zero-order valence-corrected chi connectivity index (χ0v) is 12.8. The smallest absolute Gasteiger partial charge is 0.126 e. The predicted molar refractivity (Wildman–Crippen MR) is 80.8 cm³/mol. The largest absolute Gasteiger partial charge is 0.314 e. The van der Waals surface area contributed by atoms with Crippen LogP contribution in [0.2, 0.25) is 0 Å². The first kappa shape index (κ1) is 17.6. The van der Waals surface area contributed by atoms with Crippen molar-refractivity contribution in [1.29, 1.82) is 0 Å². The van der Waals surface area contributed by atoms with Gasteiger partial charge in [-0.15, -0.1) is 24.8 Å². The number of nitrogens with zero attached hydrogens (tertiary/aromatic N) is 1. The molecule has 1 atom stereocenters. The van der Waals surface area contributed by atoms with Crippen LogP contribution in [-0.4, -0.2) is 31.1 Å². The maximum atomic E-state index is 13.4. The molecule has 2 aliphatic rings. The van der Waals surface area contributed by atoms with Gasteiger partial charge in [0.2, 0.25) is 0 Å². The Bertz CT molecular complexity index is 415. The zero-order chi connectivity index (χ0) is 12.5. The van der Waals surface area contributed by atoms with Gasteiger partial charge in [-0.25, -0.2) is 8.78 Å². The minimum absolute atomic E-state index is 0. The van der Waals surface area contributed by atoms with Gasteiger partial charge in [0.15, 0.2) is 0 Å². The first-order valence-electron chi connectivity index (χ1n) is 6.65. The van der Waals surface area contributed by atoms with Gasteiger partial charge >= 0.3 is 0 Å². The number of benzene rings is 1. The van der Waals surface area contributed by atoms with E-state index in [-0.39, 0.29) is 30.9 Å². The minimum Gasteiger partial charge on any atom is -0.314 e. The predicted octanol–water partition coefficient (Wildman–Crippen LogP) is 3.16. The molecule has 0 amide bonds. The van der Waals surface area contributed by atoms with Gasteiger partial charge in [0.25, 0.3) is 0 Å². The van der Waals surface area contributed by atoms with Gasteiger partial charge in [-0.2, -0.15) is 0 Å². The number of piperazine rings is 1. The lowest BCUT2D eigenvalue weighted by molar-refractivity contribution is 0.155. The molecule has 1 saturated carbocycles. The van der Waals surface area contributed by atoms with Crippen LogP contribution in [0.1, 0.15) is 24.4 Å². The molecule has 2 nitrogen and oxygen atoms in total. The van der Waals surface area contributed by atoms with Gasteiger partial charge in [-0.1, -0.05) is 0 Å². The summed E-state index contributed by atoms with van der Waals surface area (Å²) >= 11 is 0. The van der Waals surface area contributed by atoms with Crippen molar-refractivity contribution in [2.45, 2.75) is 18.9 Å². The Hall–Kier alpha value is -0.420. The van der Waals surface area contributed by atoms with Crippen LogP contribution in [0.3, 0.4) is 0 Å². The molecule has 20 heavy (non-hydrogen) atoms. The van der Waals surface area contributed by atoms with E-state index in [0.29, 0.717) is 5.92 Å². The quantitative estimate of drug-likeness (QED) is 0.918. The van der Waals surface area contributed by atoms with Crippen molar-refractivity contribution in [1.82, 2.24) is 10.2 Å². The molecule has 1 N–H and O–H groups in total. The second kappa shape index (κ2) is 7.55. The third kappa shape index (κ3) is 4.04. The van der Waals surface area contributed by atoms with Gasteiger partial charge in [0, 0.05) is 38.3 Å². The summed E-state index contributed by atoms with van der Waals surface area (Å²) in [5, 5.41) is 3.31. The number of rotatable bonds is 3. The Balaban J connectivity index is 0.000001000. The van der Waals surface area contributed by atoms with Gasteiger partial charge in [-0.3, -0.25) is 4.90 Å². The van der Waals surface area contributed by atoms with E-state index in [0.717, 1.165) is 37.8 Å². The Morgan fingerprint density at radius 3 is 2.05 bits per heavy atom. The average molecular weight is 325 g/mol. The maximum absolute atomic E-state index is 13.4. The van der Waals surface area contributed by atoms with E-state index < -0.39 is 11.6 Å². The molecule has 0 aromatic heterocycles. The second-order valence-corrected chi connectivity index (χ2v) is 5.27. The molecule has 0 unspecified atom stereocenters. The molecule has 1 aliphatic carbocycles. The highest BCUT2D eigenvalue weighted by molar-refractivity contribution is 5.85. The molecule has 1 aliphatic heterocycles. The fraction of sp³-hybridized carbons (Fsp3) is 0.571. The molecule has 2 fully saturated rings. The molecule has 1 aromatic carbocycles.